The lowest BCUT2D eigenvalue weighted by atomic mass is 9.93. The van der Waals surface area contributed by atoms with Gasteiger partial charge in [-0.1, -0.05) is 127 Å². The number of aromatic nitrogens is 3. The van der Waals surface area contributed by atoms with Crippen LogP contribution in [0.4, 0.5) is 0 Å². The van der Waals surface area contributed by atoms with Gasteiger partial charge in [-0.2, -0.15) is 0 Å². The van der Waals surface area contributed by atoms with Crippen molar-refractivity contribution in [3.05, 3.63) is 140 Å². The second-order valence-electron chi connectivity index (χ2n) is 10.8. The summed E-state index contributed by atoms with van der Waals surface area (Å²) in [6.07, 6.45) is 0. The predicted octanol–water partition coefficient (Wildman–Crippen LogP) is 10.1. The highest BCUT2D eigenvalue weighted by Gasteiger charge is 2.20. The maximum Gasteiger partial charge on any atom is 0.160 e. The molecule has 0 fully saturated rings. The highest BCUT2D eigenvalue weighted by Crippen LogP contribution is 2.41. The standard InChI is InChI=1S/C39H23N3/c1-2-12-27-23-28(18-17-24(27)9-1)39-40-34-16-8-7-15-31(34)38(42-39)35-32-21-19-25-10-3-5-13-29(25)36(32)41-37-30-14-6-4-11-26(30)20-22-33(35)37/h1-23H. The summed E-state index contributed by atoms with van der Waals surface area (Å²) < 4.78 is 0. The van der Waals surface area contributed by atoms with E-state index in [1.54, 1.807) is 0 Å². The molecular formula is C39H23N3. The molecule has 2 aromatic heterocycles. The summed E-state index contributed by atoms with van der Waals surface area (Å²) >= 11 is 0. The van der Waals surface area contributed by atoms with Crippen molar-refractivity contribution in [1.29, 1.82) is 0 Å². The van der Waals surface area contributed by atoms with Crippen LogP contribution in [0, 0.1) is 0 Å². The maximum atomic E-state index is 5.37. The van der Waals surface area contributed by atoms with Crippen molar-refractivity contribution in [2.24, 2.45) is 0 Å². The van der Waals surface area contributed by atoms with E-state index in [2.05, 4.69) is 133 Å². The zero-order valence-electron chi connectivity index (χ0n) is 22.6. The van der Waals surface area contributed by atoms with Crippen LogP contribution in [0.3, 0.4) is 0 Å². The van der Waals surface area contributed by atoms with Crippen LogP contribution in [0.15, 0.2) is 140 Å². The first-order chi connectivity index (χ1) is 20.8. The van der Waals surface area contributed by atoms with E-state index in [0.29, 0.717) is 5.82 Å². The molecule has 42 heavy (non-hydrogen) atoms. The molecule has 0 aliphatic rings. The van der Waals surface area contributed by atoms with Crippen molar-refractivity contribution in [3.8, 4) is 22.6 Å². The lowest BCUT2D eigenvalue weighted by molar-refractivity contribution is 1.23. The molecule has 0 saturated carbocycles. The normalized spacial score (nSPS) is 11.8. The Bertz CT molecular complexity index is 2440. The molecule has 0 spiro atoms. The van der Waals surface area contributed by atoms with Crippen molar-refractivity contribution in [1.82, 2.24) is 15.0 Å². The minimum absolute atomic E-state index is 0.717. The van der Waals surface area contributed by atoms with Crippen molar-refractivity contribution < 1.29 is 0 Å². The van der Waals surface area contributed by atoms with Gasteiger partial charge in [-0.3, -0.25) is 0 Å². The Labute approximate surface area is 241 Å². The van der Waals surface area contributed by atoms with Crippen LogP contribution in [0.5, 0.6) is 0 Å². The highest BCUT2D eigenvalue weighted by molar-refractivity contribution is 6.22. The molecule has 0 aliphatic carbocycles. The summed E-state index contributed by atoms with van der Waals surface area (Å²) in [5.41, 5.74) is 5.91. The number of para-hydroxylation sites is 1. The van der Waals surface area contributed by atoms with E-state index in [1.807, 2.05) is 6.07 Å². The van der Waals surface area contributed by atoms with E-state index < -0.39 is 0 Å². The second kappa shape index (κ2) is 8.92. The minimum Gasteiger partial charge on any atom is -0.246 e. The largest absolute Gasteiger partial charge is 0.246 e. The topological polar surface area (TPSA) is 38.7 Å². The molecule has 0 amide bonds. The molecule has 0 aliphatic heterocycles. The molecule has 0 atom stereocenters. The van der Waals surface area contributed by atoms with Gasteiger partial charge < -0.3 is 0 Å². The molecular weight excluding hydrogens is 510 g/mol. The fourth-order valence-electron chi connectivity index (χ4n) is 6.39. The fourth-order valence-corrected chi connectivity index (χ4v) is 6.39. The fraction of sp³-hybridized carbons (Fsp3) is 0. The summed E-state index contributed by atoms with van der Waals surface area (Å²) in [5.74, 6) is 0.717. The molecule has 0 N–H and O–H groups in total. The highest BCUT2D eigenvalue weighted by atomic mass is 14.9. The number of fused-ring (bicyclic) bond motifs is 8. The first kappa shape index (κ1) is 23.1. The minimum atomic E-state index is 0.717. The van der Waals surface area contributed by atoms with Gasteiger partial charge in [-0.05, 0) is 33.7 Å². The van der Waals surface area contributed by atoms with Crippen molar-refractivity contribution in [3.63, 3.8) is 0 Å². The monoisotopic (exact) mass is 533 g/mol. The number of hydrogen-bond acceptors (Lipinski definition) is 3. The van der Waals surface area contributed by atoms with Crippen molar-refractivity contribution in [2.75, 3.05) is 0 Å². The molecule has 194 valence electrons. The third-order valence-corrected chi connectivity index (χ3v) is 8.41. The van der Waals surface area contributed by atoms with Gasteiger partial charge in [0.1, 0.15) is 0 Å². The van der Waals surface area contributed by atoms with Gasteiger partial charge in [0.05, 0.1) is 22.2 Å². The van der Waals surface area contributed by atoms with Gasteiger partial charge >= 0.3 is 0 Å². The zero-order chi connectivity index (χ0) is 27.6. The van der Waals surface area contributed by atoms with Gasteiger partial charge in [0, 0.05) is 38.1 Å². The lowest BCUT2D eigenvalue weighted by Gasteiger charge is -2.16. The smallest absolute Gasteiger partial charge is 0.160 e. The Morgan fingerprint density at radius 2 is 0.905 bits per heavy atom. The zero-order valence-corrected chi connectivity index (χ0v) is 22.6. The average Bonchev–Trinajstić information content (AvgIpc) is 3.06. The molecule has 9 aromatic rings. The Balaban J connectivity index is 1.46. The van der Waals surface area contributed by atoms with Gasteiger partial charge in [0.25, 0.3) is 0 Å². The van der Waals surface area contributed by atoms with Crippen LogP contribution < -0.4 is 0 Å². The predicted molar refractivity (Wildman–Crippen MR) is 176 cm³/mol. The first-order valence-electron chi connectivity index (χ1n) is 14.2. The third kappa shape index (κ3) is 3.44. The second-order valence-corrected chi connectivity index (χ2v) is 10.8. The summed E-state index contributed by atoms with van der Waals surface area (Å²) in [6, 6.07) is 49.0. The average molecular weight is 534 g/mol. The van der Waals surface area contributed by atoms with Crippen LogP contribution in [0.2, 0.25) is 0 Å². The van der Waals surface area contributed by atoms with E-state index in [-0.39, 0.29) is 0 Å². The maximum absolute atomic E-state index is 5.37. The molecule has 2 heterocycles. The summed E-state index contributed by atoms with van der Waals surface area (Å²) in [7, 11) is 0. The molecule has 3 heteroatoms. The SMILES string of the molecule is c1ccc2cc(-c3nc(-c4c5ccc6ccccc6c5nc5c4ccc4ccccc45)c4ccccc4n3)ccc2c1. The molecule has 0 bridgehead atoms. The van der Waals surface area contributed by atoms with Crippen LogP contribution >= 0.6 is 0 Å². The molecule has 0 unspecified atom stereocenters. The van der Waals surface area contributed by atoms with E-state index in [0.717, 1.165) is 60.3 Å². The third-order valence-electron chi connectivity index (χ3n) is 8.41. The van der Waals surface area contributed by atoms with Gasteiger partial charge in [-0.15, -0.1) is 0 Å². The van der Waals surface area contributed by atoms with Crippen LogP contribution in [0.1, 0.15) is 0 Å². The number of hydrogen-bond donors (Lipinski definition) is 0. The lowest BCUT2D eigenvalue weighted by Crippen LogP contribution is -1.98. The number of benzene rings is 7. The van der Waals surface area contributed by atoms with Crippen LogP contribution in [-0.2, 0) is 0 Å². The van der Waals surface area contributed by atoms with E-state index in [9.17, 15) is 0 Å². The van der Waals surface area contributed by atoms with Gasteiger partial charge in [-0.25, -0.2) is 15.0 Å². The van der Waals surface area contributed by atoms with Crippen LogP contribution in [-0.4, -0.2) is 15.0 Å². The molecule has 3 nitrogen and oxygen atoms in total. The molecule has 0 radical (unpaired) electrons. The van der Waals surface area contributed by atoms with E-state index in [1.165, 1.54) is 21.5 Å². The van der Waals surface area contributed by atoms with E-state index >= 15 is 0 Å². The van der Waals surface area contributed by atoms with Crippen molar-refractivity contribution in [2.45, 2.75) is 0 Å². The number of rotatable bonds is 2. The first-order valence-corrected chi connectivity index (χ1v) is 14.2. The molecule has 0 saturated heterocycles. The Hall–Kier alpha value is -5.67. The van der Waals surface area contributed by atoms with E-state index in [4.69, 9.17) is 15.0 Å². The Kier molecular flexibility index (Phi) is 4.90. The molecule has 9 rings (SSSR count). The number of nitrogens with zero attached hydrogens (tertiary/aromatic N) is 3. The Morgan fingerprint density at radius 3 is 1.60 bits per heavy atom. The quantitative estimate of drug-likeness (QED) is 0.164. The summed E-state index contributed by atoms with van der Waals surface area (Å²) in [5, 5.41) is 10.2. The van der Waals surface area contributed by atoms with Crippen LogP contribution in [0.25, 0.3) is 87.7 Å². The molecule has 7 aromatic carbocycles. The van der Waals surface area contributed by atoms with Gasteiger partial charge in [0.15, 0.2) is 5.82 Å². The Morgan fingerprint density at radius 1 is 0.357 bits per heavy atom. The summed E-state index contributed by atoms with van der Waals surface area (Å²) in [4.78, 5) is 15.8. The summed E-state index contributed by atoms with van der Waals surface area (Å²) in [6.45, 7) is 0. The van der Waals surface area contributed by atoms with Crippen molar-refractivity contribution >= 4 is 65.0 Å². The number of pyridine rings is 1. The van der Waals surface area contributed by atoms with Gasteiger partial charge in [0.2, 0.25) is 0 Å².